The summed E-state index contributed by atoms with van der Waals surface area (Å²) in [4.78, 5) is 4.77. The molecule has 0 unspecified atom stereocenters. The molecule has 0 saturated carbocycles. The van der Waals surface area contributed by atoms with Gasteiger partial charge in [-0.1, -0.05) is 140 Å². The minimum Gasteiger partial charge on any atom is -0.444 e. The Hall–Kier alpha value is -5.15. The predicted octanol–water partition coefficient (Wildman–Crippen LogP) is 9.29. The van der Waals surface area contributed by atoms with E-state index in [9.17, 15) is 0 Å². The SMILES string of the molecule is C(=C(Nc1c(-c2ccccc2)cccc1-c1ccccc1)c1ccccc1)c1nc(-c2ccccc2)co1. The van der Waals surface area contributed by atoms with Crippen molar-refractivity contribution in [1.29, 1.82) is 0 Å². The minimum atomic E-state index is 0.536. The topological polar surface area (TPSA) is 38.1 Å². The third-order valence-corrected chi connectivity index (χ3v) is 6.44. The van der Waals surface area contributed by atoms with Crippen molar-refractivity contribution < 1.29 is 4.42 Å². The van der Waals surface area contributed by atoms with Gasteiger partial charge in [0.1, 0.15) is 12.0 Å². The summed E-state index contributed by atoms with van der Waals surface area (Å²) in [5.74, 6) is 0.536. The van der Waals surface area contributed by atoms with E-state index in [4.69, 9.17) is 9.40 Å². The number of hydrogen-bond donors (Lipinski definition) is 1. The standard InChI is InChI=1S/C35H26N2O/c1-5-14-26(15-6-1)30-22-13-23-31(27-16-7-2-8-17-27)35(30)37-32(28-18-9-3-10-19-28)24-34-36-33(25-38-34)29-20-11-4-12-21-29/h1-25,37H. The number of benzene rings is 5. The summed E-state index contributed by atoms with van der Waals surface area (Å²) in [6.07, 6.45) is 3.68. The van der Waals surface area contributed by atoms with Crippen LogP contribution in [0.1, 0.15) is 11.5 Å². The molecule has 6 rings (SSSR count). The van der Waals surface area contributed by atoms with Crippen LogP contribution < -0.4 is 5.32 Å². The van der Waals surface area contributed by atoms with Gasteiger partial charge in [0.25, 0.3) is 0 Å². The summed E-state index contributed by atoms with van der Waals surface area (Å²) >= 11 is 0. The van der Waals surface area contributed by atoms with E-state index in [1.165, 1.54) is 0 Å². The average molecular weight is 491 g/mol. The molecule has 3 heteroatoms. The molecule has 5 aromatic carbocycles. The minimum absolute atomic E-state index is 0.536. The van der Waals surface area contributed by atoms with Crippen molar-refractivity contribution in [2.75, 3.05) is 5.32 Å². The highest BCUT2D eigenvalue weighted by Crippen LogP contribution is 2.39. The Labute approximate surface area is 222 Å². The number of nitrogens with one attached hydrogen (secondary N) is 1. The maximum absolute atomic E-state index is 5.91. The second-order valence-electron chi connectivity index (χ2n) is 8.95. The third kappa shape index (κ3) is 5.04. The Morgan fingerprint density at radius 3 is 1.61 bits per heavy atom. The van der Waals surface area contributed by atoms with Crippen LogP contribution in [-0.2, 0) is 0 Å². The van der Waals surface area contributed by atoms with E-state index in [2.05, 4.69) is 84.2 Å². The summed E-state index contributed by atoms with van der Waals surface area (Å²) in [7, 11) is 0. The second kappa shape index (κ2) is 10.9. The molecule has 0 aliphatic rings. The maximum Gasteiger partial charge on any atom is 0.221 e. The first-order chi connectivity index (χ1) is 18.8. The molecular weight excluding hydrogens is 464 g/mol. The molecule has 0 atom stereocenters. The molecule has 1 heterocycles. The van der Waals surface area contributed by atoms with Gasteiger partial charge in [0.2, 0.25) is 5.89 Å². The lowest BCUT2D eigenvalue weighted by atomic mass is 9.95. The van der Waals surface area contributed by atoms with Crippen LogP contribution in [0.4, 0.5) is 5.69 Å². The van der Waals surface area contributed by atoms with Gasteiger partial charge in [0.05, 0.1) is 11.4 Å². The zero-order chi connectivity index (χ0) is 25.6. The van der Waals surface area contributed by atoms with Crippen molar-refractivity contribution in [1.82, 2.24) is 4.98 Å². The van der Waals surface area contributed by atoms with Crippen LogP contribution >= 0.6 is 0 Å². The van der Waals surface area contributed by atoms with Gasteiger partial charge in [0, 0.05) is 22.8 Å². The van der Waals surface area contributed by atoms with E-state index in [0.29, 0.717) is 5.89 Å². The highest BCUT2D eigenvalue weighted by Gasteiger charge is 2.15. The molecule has 0 spiro atoms. The normalized spacial score (nSPS) is 11.3. The molecule has 0 radical (unpaired) electrons. The molecule has 0 aliphatic carbocycles. The van der Waals surface area contributed by atoms with Gasteiger partial charge in [-0.3, -0.25) is 0 Å². The fraction of sp³-hybridized carbons (Fsp3) is 0. The van der Waals surface area contributed by atoms with Crippen molar-refractivity contribution >= 4 is 17.5 Å². The van der Waals surface area contributed by atoms with E-state index >= 15 is 0 Å². The Morgan fingerprint density at radius 1 is 0.553 bits per heavy atom. The lowest BCUT2D eigenvalue weighted by Gasteiger charge is -2.19. The quantitative estimate of drug-likeness (QED) is 0.242. The summed E-state index contributed by atoms with van der Waals surface area (Å²) in [5, 5.41) is 3.79. The number of aromatic nitrogens is 1. The number of anilines is 1. The van der Waals surface area contributed by atoms with Crippen molar-refractivity contribution in [2.24, 2.45) is 0 Å². The molecule has 0 aliphatic heterocycles. The summed E-state index contributed by atoms with van der Waals surface area (Å²) in [5.41, 5.74) is 9.30. The van der Waals surface area contributed by atoms with Crippen LogP contribution in [0, 0.1) is 0 Å². The molecule has 38 heavy (non-hydrogen) atoms. The third-order valence-electron chi connectivity index (χ3n) is 6.44. The van der Waals surface area contributed by atoms with Crippen molar-refractivity contribution in [3.63, 3.8) is 0 Å². The Balaban J connectivity index is 1.49. The molecular formula is C35H26N2O. The predicted molar refractivity (Wildman–Crippen MR) is 157 cm³/mol. The van der Waals surface area contributed by atoms with Crippen molar-refractivity contribution in [2.45, 2.75) is 0 Å². The largest absolute Gasteiger partial charge is 0.444 e. The fourth-order valence-electron chi connectivity index (χ4n) is 4.57. The van der Waals surface area contributed by atoms with Crippen molar-refractivity contribution in [3.8, 4) is 33.5 Å². The number of oxazole rings is 1. The molecule has 1 aromatic heterocycles. The first-order valence-corrected chi connectivity index (χ1v) is 12.6. The van der Waals surface area contributed by atoms with Crippen LogP contribution in [0.5, 0.6) is 0 Å². The van der Waals surface area contributed by atoms with Crippen LogP contribution in [0.15, 0.2) is 150 Å². The highest BCUT2D eigenvalue weighted by atomic mass is 16.3. The number of hydrogen-bond acceptors (Lipinski definition) is 3. The van der Waals surface area contributed by atoms with Crippen molar-refractivity contribution in [3.05, 3.63) is 157 Å². The smallest absolute Gasteiger partial charge is 0.221 e. The zero-order valence-electron chi connectivity index (χ0n) is 20.8. The summed E-state index contributed by atoms with van der Waals surface area (Å²) in [6.45, 7) is 0. The van der Waals surface area contributed by atoms with Crippen LogP contribution in [0.3, 0.4) is 0 Å². The Kier molecular flexibility index (Phi) is 6.64. The van der Waals surface area contributed by atoms with E-state index in [-0.39, 0.29) is 0 Å². The zero-order valence-corrected chi connectivity index (χ0v) is 20.8. The van der Waals surface area contributed by atoms with Gasteiger partial charge in [-0.15, -0.1) is 0 Å². The van der Waals surface area contributed by atoms with Crippen LogP contribution in [0.2, 0.25) is 0 Å². The molecule has 0 fully saturated rings. The second-order valence-corrected chi connectivity index (χ2v) is 8.95. The molecule has 182 valence electrons. The van der Waals surface area contributed by atoms with Gasteiger partial charge < -0.3 is 9.73 Å². The van der Waals surface area contributed by atoms with E-state index in [0.717, 1.165) is 50.5 Å². The highest BCUT2D eigenvalue weighted by molar-refractivity contribution is 5.98. The summed E-state index contributed by atoms with van der Waals surface area (Å²) in [6, 6.07) is 47.7. The van der Waals surface area contributed by atoms with Gasteiger partial charge in [0.15, 0.2) is 0 Å². The summed E-state index contributed by atoms with van der Waals surface area (Å²) < 4.78 is 5.91. The first-order valence-electron chi connectivity index (χ1n) is 12.6. The van der Waals surface area contributed by atoms with E-state index in [1.54, 1.807) is 6.26 Å². The molecule has 0 amide bonds. The molecule has 0 bridgehead atoms. The Bertz CT molecular complexity index is 1600. The van der Waals surface area contributed by atoms with Gasteiger partial charge >= 0.3 is 0 Å². The van der Waals surface area contributed by atoms with Crippen LogP contribution in [-0.4, -0.2) is 4.98 Å². The number of para-hydroxylation sites is 1. The van der Waals surface area contributed by atoms with Crippen LogP contribution in [0.25, 0.3) is 45.3 Å². The lowest BCUT2D eigenvalue weighted by Crippen LogP contribution is -2.03. The van der Waals surface area contributed by atoms with E-state index < -0.39 is 0 Å². The molecule has 1 N–H and O–H groups in total. The molecule has 3 nitrogen and oxygen atoms in total. The molecule has 0 saturated heterocycles. The van der Waals surface area contributed by atoms with Gasteiger partial charge in [-0.05, 0) is 16.7 Å². The van der Waals surface area contributed by atoms with Gasteiger partial charge in [-0.2, -0.15) is 0 Å². The Morgan fingerprint density at radius 2 is 1.05 bits per heavy atom. The number of rotatable bonds is 7. The van der Waals surface area contributed by atoms with E-state index in [1.807, 2.05) is 66.7 Å². The number of nitrogens with zero attached hydrogens (tertiary/aromatic N) is 1. The van der Waals surface area contributed by atoms with Gasteiger partial charge in [-0.25, -0.2) is 4.98 Å². The monoisotopic (exact) mass is 490 g/mol. The first kappa shape index (κ1) is 23.3. The maximum atomic E-state index is 5.91. The fourth-order valence-corrected chi connectivity index (χ4v) is 4.57. The average Bonchev–Trinajstić information content (AvgIpc) is 3.47. The lowest BCUT2D eigenvalue weighted by molar-refractivity contribution is 0.547. The molecule has 6 aromatic rings.